The third kappa shape index (κ3) is 3.10. The number of hydrogen-bond donors (Lipinski definition) is 2. The van der Waals surface area contributed by atoms with Crippen molar-refractivity contribution in [2.45, 2.75) is 137 Å². The van der Waals surface area contributed by atoms with Gasteiger partial charge in [0, 0.05) is 18.3 Å². The number of aliphatic hydroxyl groups is 2. The lowest BCUT2D eigenvalue weighted by atomic mass is 9.41. The van der Waals surface area contributed by atoms with Crippen LogP contribution < -0.4 is 0 Å². The number of fused-ring (bicyclic) bond motifs is 4. The van der Waals surface area contributed by atoms with Crippen LogP contribution in [0.1, 0.15) is 107 Å². The minimum atomic E-state index is -1.28. The first-order chi connectivity index (χ1) is 17.9. The van der Waals surface area contributed by atoms with Gasteiger partial charge in [-0.1, -0.05) is 41.5 Å². The number of carbonyl (C=O) groups is 2. The topological polar surface area (TPSA) is 93.1 Å². The maximum absolute atomic E-state index is 14.8. The quantitative estimate of drug-likeness (QED) is 0.468. The van der Waals surface area contributed by atoms with E-state index in [1.165, 1.54) is 13.3 Å². The van der Waals surface area contributed by atoms with Crippen molar-refractivity contribution in [1.82, 2.24) is 0 Å². The van der Waals surface area contributed by atoms with E-state index in [1.54, 1.807) is 13.8 Å². The minimum absolute atomic E-state index is 0.0933. The maximum atomic E-state index is 14.8. The number of esters is 1. The Morgan fingerprint density at radius 2 is 1.64 bits per heavy atom. The van der Waals surface area contributed by atoms with Crippen molar-refractivity contribution in [2.24, 2.45) is 56.7 Å². The molecule has 13 atom stereocenters. The zero-order valence-electron chi connectivity index (χ0n) is 25.7. The first kappa shape index (κ1) is 28.2. The second-order valence-electron chi connectivity index (χ2n) is 16.4. The van der Waals surface area contributed by atoms with Crippen molar-refractivity contribution in [3.8, 4) is 0 Å². The molecule has 1 saturated heterocycles. The lowest BCUT2D eigenvalue weighted by Gasteiger charge is -2.62. The van der Waals surface area contributed by atoms with Gasteiger partial charge in [-0.25, -0.2) is 0 Å². The molecule has 1 heterocycles. The van der Waals surface area contributed by atoms with Crippen molar-refractivity contribution in [3.63, 3.8) is 0 Å². The number of Topliss-reactive ketones (excluding diaryl/α,β-unsaturated/α-hetero) is 1. The molecule has 5 aliphatic carbocycles. The van der Waals surface area contributed by atoms with Gasteiger partial charge in [-0.2, -0.15) is 0 Å². The Bertz CT molecular complexity index is 1080. The SMILES string of the molecule is CC(=O)O[C@@H](C1C[C@@H](C)C2C(O1)C(=O)[C@@]1(C)[C@@H]3CCC4C(C)(C)[C@@H](O)CC[C@@]45[C@@H](C)[C@@]35CC[C@]21C)C(C)(C)O. The van der Waals surface area contributed by atoms with Crippen LogP contribution >= 0.6 is 0 Å². The van der Waals surface area contributed by atoms with Crippen molar-refractivity contribution in [2.75, 3.05) is 0 Å². The summed E-state index contributed by atoms with van der Waals surface area (Å²) in [6, 6.07) is 0. The Morgan fingerprint density at radius 1 is 1.03 bits per heavy atom. The summed E-state index contributed by atoms with van der Waals surface area (Å²) in [6.07, 6.45) is 4.82. The number of hydrogen-bond acceptors (Lipinski definition) is 6. The summed E-state index contributed by atoms with van der Waals surface area (Å²) in [5.41, 5.74) is -1.60. The van der Waals surface area contributed by atoms with Gasteiger partial charge in [0.1, 0.15) is 6.10 Å². The summed E-state index contributed by atoms with van der Waals surface area (Å²) < 4.78 is 12.3. The Kier molecular flexibility index (Phi) is 5.85. The molecule has 5 saturated carbocycles. The Hall–Kier alpha value is -0.980. The standard InChI is InChI=1S/C33H52O6/c1-17-16-20(27(29(6,7)37)38-19(3)34)39-25-24(17)30(8)14-15-33-18(2)32(33)13-12-23(35)28(4,5)21(32)10-11-22(33)31(30,9)26(25)36/h17-18,20-25,27,35,37H,10-16H2,1-9H3/t17-,18-,20?,21?,22+,23+,24?,25?,27+,30-,31-,32-,33+/m1/s1. The van der Waals surface area contributed by atoms with E-state index in [0.717, 1.165) is 32.1 Å². The van der Waals surface area contributed by atoms with E-state index >= 15 is 0 Å². The molecule has 6 heteroatoms. The highest BCUT2D eigenvalue weighted by Crippen LogP contribution is 2.91. The monoisotopic (exact) mass is 544 g/mol. The van der Waals surface area contributed by atoms with Crippen LogP contribution in [0.5, 0.6) is 0 Å². The van der Waals surface area contributed by atoms with Gasteiger partial charge >= 0.3 is 5.97 Å². The molecule has 0 bridgehead atoms. The molecule has 6 fully saturated rings. The lowest BCUT2D eigenvalue weighted by Crippen LogP contribution is -2.59. The second-order valence-corrected chi connectivity index (χ2v) is 16.4. The molecule has 0 aromatic carbocycles. The van der Waals surface area contributed by atoms with Gasteiger partial charge in [0.05, 0.1) is 17.8 Å². The van der Waals surface area contributed by atoms with E-state index in [0.29, 0.717) is 24.2 Å². The van der Waals surface area contributed by atoms with Crippen molar-refractivity contribution in [1.29, 1.82) is 0 Å². The van der Waals surface area contributed by atoms with Crippen LogP contribution in [-0.2, 0) is 19.1 Å². The molecule has 0 aromatic heterocycles. The Labute approximate surface area is 235 Å². The molecule has 4 unspecified atom stereocenters. The highest BCUT2D eigenvalue weighted by molar-refractivity contribution is 5.93. The van der Waals surface area contributed by atoms with E-state index in [-0.39, 0.29) is 45.4 Å². The molecule has 2 spiro atoms. The fraction of sp³-hybridized carbons (Fsp3) is 0.939. The van der Waals surface area contributed by atoms with Gasteiger partial charge in [-0.15, -0.1) is 0 Å². The average Bonchev–Trinajstić information content (AvgIpc) is 3.30. The van der Waals surface area contributed by atoms with Gasteiger partial charge in [0.25, 0.3) is 0 Å². The van der Waals surface area contributed by atoms with Gasteiger partial charge in [-0.05, 0) is 104 Å². The van der Waals surface area contributed by atoms with E-state index < -0.39 is 35.3 Å². The number of ketones is 1. The van der Waals surface area contributed by atoms with Crippen molar-refractivity contribution >= 4 is 11.8 Å². The largest absolute Gasteiger partial charge is 0.457 e. The molecule has 0 aromatic rings. The predicted molar refractivity (Wildman–Crippen MR) is 148 cm³/mol. The highest BCUT2D eigenvalue weighted by Gasteiger charge is 2.88. The van der Waals surface area contributed by atoms with E-state index in [1.807, 2.05) is 0 Å². The molecular formula is C33H52O6. The van der Waals surface area contributed by atoms with Crippen LogP contribution in [0.3, 0.4) is 0 Å². The molecule has 1 aliphatic heterocycles. The normalized spacial score (nSPS) is 54.4. The third-order valence-corrected chi connectivity index (χ3v) is 14.5. The first-order valence-corrected chi connectivity index (χ1v) is 15.7. The van der Waals surface area contributed by atoms with Crippen LogP contribution in [0.4, 0.5) is 0 Å². The van der Waals surface area contributed by atoms with Crippen LogP contribution in [-0.4, -0.2) is 52.0 Å². The molecule has 220 valence electrons. The number of carbonyl (C=O) groups excluding carboxylic acids is 2. The zero-order chi connectivity index (χ0) is 28.7. The van der Waals surface area contributed by atoms with E-state index in [2.05, 4.69) is 41.5 Å². The smallest absolute Gasteiger partial charge is 0.303 e. The molecule has 0 radical (unpaired) electrons. The predicted octanol–water partition coefficient (Wildman–Crippen LogP) is 5.32. The zero-order valence-corrected chi connectivity index (χ0v) is 25.7. The van der Waals surface area contributed by atoms with Crippen LogP contribution in [0.15, 0.2) is 0 Å². The molecule has 6 nitrogen and oxygen atoms in total. The van der Waals surface area contributed by atoms with Crippen LogP contribution in [0.2, 0.25) is 0 Å². The van der Waals surface area contributed by atoms with E-state index in [9.17, 15) is 19.8 Å². The second kappa shape index (κ2) is 8.10. The van der Waals surface area contributed by atoms with Crippen molar-refractivity contribution < 1.29 is 29.3 Å². The number of aliphatic hydroxyl groups excluding tert-OH is 1. The molecule has 0 amide bonds. The number of ether oxygens (including phenoxy) is 2. The summed E-state index contributed by atoms with van der Waals surface area (Å²) in [5, 5.41) is 21.9. The summed E-state index contributed by atoms with van der Waals surface area (Å²) in [7, 11) is 0. The fourth-order valence-corrected chi connectivity index (χ4v) is 12.8. The molecular weight excluding hydrogens is 492 g/mol. The molecule has 6 aliphatic rings. The lowest BCUT2D eigenvalue weighted by molar-refractivity contribution is -0.209. The number of rotatable bonds is 3. The fourth-order valence-electron chi connectivity index (χ4n) is 12.8. The molecule has 6 rings (SSSR count). The van der Waals surface area contributed by atoms with Gasteiger partial charge in [-0.3, -0.25) is 9.59 Å². The summed E-state index contributed by atoms with van der Waals surface area (Å²) in [4.78, 5) is 26.8. The Morgan fingerprint density at radius 3 is 2.26 bits per heavy atom. The minimum Gasteiger partial charge on any atom is -0.457 e. The highest BCUT2D eigenvalue weighted by atomic mass is 16.6. The van der Waals surface area contributed by atoms with Crippen LogP contribution in [0.25, 0.3) is 0 Å². The summed E-state index contributed by atoms with van der Waals surface area (Å²) in [5.74, 6) is 1.53. The van der Waals surface area contributed by atoms with Crippen molar-refractivity contribution in [3.05, 3.63) is 0 Å². The van der Waals surface area contributed by atoms with Gasteiger partial charge in [0.2, 0.25) is 0 Å². The summed E-state index contributed by atoms with van der Waals surface area (Å²) in [6.45, 7) is 18.6. The molecule has 39 heavy (non-hydrogen) atoms. The van der Waals surface area contributed by atoms with Crippen LogP contribution in [0, 0.1) is 56.7 Å². The Balaban J connectivity index is 1.38. The van der Waals surface area contributed by atoms with Gasteiger partial charge in [0.15, 0.2) is 11.9 Å². The average molecular weight is 545 g/mol. The maximum Gasteiger partial charge on any atom is 0.303 e. The van der Waals surface area contributed by atoms with E-state index in [4.69, 9.17) is 9.47 Å². The summed E-state index contributed by atoms with van der Waals surface area (Å²) >= 11 is 0. The van der Waals surface area contributed by atoms with Gasteiger partial charge < -0.3 is 19.7 Å². The molecule has 2 N–H and O–H groups in total. The first-order valence-electron chi connectivity index (χ1n) is 15.7. The third-order valence-electron chi connectivity index (χ3n) is 14.5.